The lowest BCUT2D eigenvalue weighted by Gasteiger charge is -2.10. The van der Waals surface area contributed by atoms with Gasteiger partial charge in [0.25, 0.3) is 5.78 Å². The molecular formula is C18H18N6O. The normalized spacial score (nSPS) is 10.6. The van der Waals surface area contributed by atoms with Crippen LogP contribution in [0.25, 0.3) is 5.78 Å². The Morgan fingerprint density at radius 3 is 3.00 bits per heavy atom. The van der Waals surface area contributed by atoms with Gasteiger partial charge in [0.1, 0.15) is 6.33 Å². The number of aromatic nitrogens is 4. The fourth-order valence-corrected chi connectivity index (χ4v) is 2.80. The number of carbonyl (C=O) groups excluding carboxylic acids is 1. The van der Waals surface area contributed by atoms with Gasteiger partial charge in [0.05, 0.1) is 11.6 Å². The molecule has 0 bridgehead atoms. The Hall–Kier alpha value is -3.27. The third-order valence-corrected chi connectivity index (χ3v) is 4.14. The van der Waals surface area contributed by atoms with Crippen LogP contribution in [0, 0.1) is 25.2 Å². The molecule has 1 N–H and O–H groups in total. The highest BCUT2D eigenvalue weighted by Gasteiger charge is 2.12. The number of rotatable bonds is 5. The fraction of sp³-hybridized carbons (Fsp3) is 0.278. The van der Waals surface area contributed by atoms with Crippen molar-refractivity contribution in [3.8, 4) is 6.07 Å². The summed E-state index contributed by atoms with van der Waals surface area (Å²) >= 11 is 0. The highest BCUT2D eigenvalue weighted by Crippen LogP contribution is 2.15. The number of nitriles is 1. The first kappa shape index (κ1) is 16.6. The molecule has 2 heterocycles. The van der Waals surface area contributed by atoms with E-state index in [2.05, 4.69) is 26.5 Å². The number of benzene rings is 1. The number of carbonyl (C=O) groups is 1. The number of hydrogen-bond donors (Lipinski definition) is 1. The van der Waals surface area contributed by atoms with E-state index in [1.54, 1.807) is 16.6 Å². The standard InChI is InChI=1S/C18H18N6O/c1-12-16(13(2)24-18(23-12)21-11-22-24)6-7-17(25)20-10-15-5-3-4-14(8-15)9-19/h3-5,8,11H,6-7,10H2,1-2H3,(H,20,25). The minimum absolute atomic E-state index is 0.0418. The summed E-state index contributed by atoms with van der Waals surface area (Å²) in [6.45, 7) is 4.28. The van der Waals surface area contributed by atoms with Gasteiger partial charge in [-0.25, -0.2) is 9.50 Å². The van der Waals surface area contributed by atoms with Gasteiger partial charge in [0.15, 0.2) is 0 Å². The number of amides is 1. The largest absolute Gasteiger partial charge is 0.352 e. The van der Waals surface area contributed by atoms with Crippen LogP contribution in [0.3, 0.4) is 0 Å². The molecule has 0 spiro atoms. The first-order chi connectivity index (χ1) is 12.1. The zero-order chi connectivity index (χ0) is 17.8. The quantitative estimate of drug-likeness (QED) is 0.768. The first-order valence-corrected chi connectivity index (χ1v) is 8.00. The molecule has 7 heteroatoms. The Bertz CT molecular complexity index is 969. The van der Waals surface area contributed by atoms with Gasteiger partial charge in [-0.05, 0) is 43.5 Å². The van der Waals surface area contributed by atoms with Crippen LogP contribution in [-0.4, -0.2) is 25.5 Å². The van der Waals surface area contributed by atoms with E-state index in [0.29, 0.717) is 30.7 Å². The molecule has 0 fully saturated rings. The van der Waals surface area contributed by atoms with Gasteiger partial charge in [-0.2, -0.15) is 15.3 Å². The van der Waals surface area contributed by atoms with E-state index < -0.39 is 0 Å². The third-order valence-electron chi connectivity index (χ3n) is 4.14. The Labute approximate surface area is 145 Å². The highest BCUT2D eigenvalue weighted by atomic mass is 16.1. The molecule has 0 aliphatic carbocycles. The van der Waals surface area contributed by atoms with Crippen molar-refractivity contribution in [2.45, 2.75) is 33.2 Å². The summed E-state index contributed by atoms with van der Waals surface area (Å²) in [5, 5.41) is 16.0. The second-order valence-electron chi connectivity index (χ2n) is 5.82. The average molecular weight is 334 g/mol. The predicted octanol–water partition coefficient (Wildman–Crippen LogP) is 1.86. The van der Waals surface area contributed by atoms with E-state index in [9.17, 15) is 4.79 Å². The van der Waals surface area contributed by atoms with Gasteiger partial charge in [-0.15, -0.1) is 0 Å². The van der Waals surface area contributed by atoms with Crippen LogP contribution in [0.5, 0.6) is 0 Å². The number of nitrogens with one attached hydrogen (secondary N) is 1. The van der Waals surface area contributed by atoms with E-state index in [-0.39, 0.29) is 5.91 Å². The molecule has 25 heavy (non-hydrogen) atoms. The minimum Gasteiger partial charge on any atom is -0.352 e. The van der Waals surface area contributed by atoms with Crippen molar-refractivity contribution in [3.63, 3.8) is 0 Å². The molecule has 3 aromatic rings. The van der Waals surface area contributed by atoms with E-state index in [0.717, 1.165) is 22.5 Å². The van der Waals surface area contributed by atoms with Gasteiger partial charge in [0, 0.05) is 24.4 Å². The summed E-state index contributed by atoms with van der Waals surface area (Å²) in [4.78, 5) is 20.7. The summed E-state index contributed by atoms with van der Waals surface area (Å²) < 4.78 is 1.69. The van der Waals surface area contributed by atoms with Gasteiger partial charge in [-0.3, -0.25) is 4.79 Å². The Balaban J connectivity index is 1.62. The third kappa shape index (κ3) is 3.63. The van der Waals surface area contributed by atoms with Crippen LogP contribution >= 0.6 is 0 Å². The zero-order valence-electron chi connectivity index (χ0n) is 14.2. The lowest BCUT2D eigenvalue weighted by molar-refractivity contribution is -0.121. The van der Waals surface area contributed by atoms with Crippen molar-refractivity contribution < 1.29 is 4.79 Å². The van der Waals surface area contributed by atoms with Gasteiger partial charge >= 0.3 is 0 Å². The summed E-state index contributed by atoms with van der Waals surface area (Å²) in [6.07, 6.45) is 2.42. The maximum atomic E-state index is 12.1. The Morgan fingerprint density at radius 1 is 1.36 bits per heavy atom. The van der Waals surface area contributed by atoms with Crippen LogP contribution in [0.4, 0.5) is 0 Å². The average Bonchev–Trinajstić information content (AvgIpc) is 3.08. The summed E-state index contributed by atoms with van der Waals surface area (Å²) in [5.74, 6) is 0.528. The van der Waals surface area contributed by atoms with E-state index in [1.165, 1.54) is 6.33 Å². The van der Waals surface area contributed by atoms with Crippen LogP contribution < -0.4 is 5.32 Å². The molecular weight excluding hydrogens is 316 g/mol. The van der Waals surface area contributed by atoms with Crippen molar-refractivity contribution in [1.82, 2.24) is 24.9 Å². The summed E-state index contributed by atoms with van der Waals surface area (Å²) in [6, 6.07) is 9.31. The molecule has 126 valence electrons. The molecule has 1 amide bonds. The van der Waals surface area contributed by atoms with Gasteiger partial charge in [-0.1, -0.05) is 12.1 Å². The molecule has 3 rings (SSSR count). The molecule has 1 aromatic carbocycles. The Kier molecular flexibility index (Phi) is 4.70. The smallest absolute Gasteiger partial charge is 0.252 e. The maximum Gasteiger partial charge on any atom is 0.252 e. The maximum absolute atomic E-state index is 12.1. The lowest BCUT2D eigenvalue weighted by Crippen LogP contribution is -2.23. The number of fused-ring (bicyclic) bond motifs is 1. The lowest BCUT2D eigenvalue weighted by atomic mass is 10.1. The summed E-state index contributed by atoms with van der Waals surface area (Å²) in [5.41, 5.74) is 4.33. The SMILES string of the molecule is Cc1nc2ncnn2c(C)c1CCC(=O)NCc1cccc(C#N)c1. The van der Waals surface area contributed by atoms with E-state index >= 15 is 0 Å². The predicted molar refractivity (Wildman–Crippen MR) is 91.6 cm³/mol. The molecule has 0 unspecified atom stereocenters. The number of aryl methyl sites for hydroxylation is 2. The van der Waals surface area contributed by atoms with Crippen molar-refractivity contribution in [1.29, 1.82) is 5.26 Å². The van der Waals surface area contributed by atoms with Crippen molar-refractivity contribution >= 4 is 11.7 Å². The molecule has 0 saturated carbocycles. The highest BCUT2D eigenvalue weighted by molar-refractivity contribution is 5.76. The molecule has 0 atom stereocenters. The minimum atomic E-state index is -0.0418. The monoisotopic (exact) mass is 334 g/mol. The molecule has 2 aromatic heterocycles. The molecule has 7 nitrogen and oxygen atoms in total. The van der Waals surface area contributed by atoms with Crippen LogP contribution in [0.2, 0.25) is 0 Å². The molecule has 0 radical (unpaired) electrons. The molecule has 0 aliphatic heterocycles. The second-order valence-corrected chi connectivity index (χ2v) is 5.82. The molecule has 0 aliphatic rings. The number of nitrogens with zero attached hydrogens (tertiary/aromatic N) is 5. The topological polar surface area (TPSA) is 96.0 Å². The number of hydrogen-bond acceptors (Lipinski definition) is 5. The van der Waals surface area contributed by atoms with Crippen LogP contribution in [0.15, 0.2) is 30.6 Å². The molecule has 0 saturated heterocycles. The van der Waals surface area contributed by atoms with Crippen molar-refractivity contribution in [2.75, 3.05) is 0 Å². The van der Waals surface area contributed by atoms with Crippen LogP contribution in [-0.2, 0) is 17.8 Å². The van der Waals surface area contributed by atoms with Gasteiger partial charge in [0.2, 0.25) is 5.91 Å². The van der Waals surface area contributed by atoms with Crippen molar-refractivity contribution in [3.05, 3.63) is 58.7 Å². The van der Waals surface area contributed by atoms with E-state index in [4.69, 9.17) is 5.26 Å². The second kappa shape index (κ2) is 7.09. The van der Waals surface area contributed by atoms with E-state index in [1.807, 2.05) is 26.0 Å². The fourth-order valence-electron chi connectivity index (χ4n) is 2.80. The zero-order valence-corrected chi connectivity index (χ0v) is 14.2. The Morgan fingerprint density at radius 2 is 2.20 bits per heavy atom. The first-order valence-electron chi connectivity index (χ1n) is 8.00. The van der Waals surface area contributed by atoms with Gasteiger partial charge < -0.3 is 5.32 Å². The summed E-state index contributed by atoms with van der Waals surface area (Å²) in [7, 11) is 0. The van der Waals surface area contributed by atoms with Crippen LogP contribution in [0.1, 0.15) is 34.5 Å². The van der Waals surface area contributed by atoms with Crippen molar-refractivity contribution in [2.24, 2.45) is 0 Å².